The second kappa shape index (κ2) is 11.6. The Morgan fingerprint density at radius 1 is 1.18 bits per heavy atom. The summed E-state index contributed by atoms with van der Waals surface area (Å²) in [6.45, 7) is 12.3. The molecule has 1 aromatic carbocycles. The fourth-order valence-electron chi connectivity index (χ4n) is 4.06. The van der Waals surface area contributed by atoms with Crippen LogP contribution in [0.1, 0.15) is 56.9 Å². The molecule has 0 aliphatic carbocycles. The van der Waals surface area contributed by atoms with Gasteiger partial charge in [-0.15, -0.1) is 0 Å². The standard InChI is InChI=1S/C27H39NO5Si/c1-27(2,3)34(5,6)32-17-11-15-22-23(19-31-24(22)21-14-10-16-28-18-21)33-26(29)25(30-4)20-12-8-7-9-13-20/h7-10,12-14,16,18,22-25H,11,15,17,19H2,1-6H3/t22-,23+,24-,25+/m0/s1. The monoisotopic (exact) mass is 485 g/mol. The number of nitrogens with zero attached hydrogens (tertiary/aromatic N) is 1. The van der Waals surface area contributed by atoms with Gasteiger partial charge in [-0.2, -0.15) is 0 Å². The number of esters is 1. The zero-order chi connectivity index (χ0) is 24.8. The molecule has 1 saturated heterocycles. The van der Waals surface area contributed by atoms with Gasteiger partial charge in [-0.1, -0.05) is 57.2 Å². The Balaban J connectivity index is 1.69. The highest BCUT2D eigenvalue weighted by Crippen LogP contribution is 2.40. The third-order valence-electron chi connectivity index (χ3n) is 7.09. The minimum absolute atomic E-state index is 0.0180. The molecule has 0 bridgehead atoms. The molecule has 3 rings (SSSR count). The Morgan fingerprint density at radius 2 is 1.91 bits per heavy atom. The smallest absolute Gasteiger partial charge is 0.340 e. The minimum atomic E-state index is -1.81. The first-order valence-electron chi connectivity index (χ1n) is 12.1. The van der Waals surface area contributed by atoms with Crippen LogP contribution in [0.5, 0.6) is 0 Å². The van der Waals surface area contributed by atoms with Crippen LogP contribution in [0.3, 0.4) is 0 Å². The number of benzene rings is 1. The molecule has 0 saturated carbocycles. The van der Waals surface area contributed by atoms with Crippen molar-refractivity contribution in [3.05, 3.63) is 66.0 Å². The molecule has 2 aromatic rings. The van der Waals surface area contributed by atoms with Crippen LogP contribution < -0.4 is 0 Å². The van der Waals surface area contributed by atoms with Crippen molar-refractivity contribution in [2.24, 2.45) is 5.92 Å². The summed E-state index contributed by atoms with van der Waals surface area (Å²) in [5.74, 6) is -0.374. The number of aromatic nitrogens is 1. The molecular formula is C27H39NO5Si. The largest absolute Gasteiger partial charge is 0.457 e. The molecule has 34 heavy (non-hydrogen) atoms. The Hall–Kier alpha value is -2.06. The third-order valence-corrected chi connectivity index (χ3v) is 11.6. The van der Waals surface area contributed by atoms with Crippen molar-refractivity contribution in [3.8, 4) is 0 Å². The van der Waals surface area contributed by atoms with Gasteiger partial charge in [-0.3, -0.25) is 4.98 Å². The summed E-state index contributed by atoms with van der Waals surface area (Å²) in [6.07, 6.45) is 3.99. The van der Waals surface area contributed by atoms with Crippen molar-refractivity contribution < 1.29 is 23.4 Å². The Labute approximate surface area is 205 Å². The molecule has 186 valence electrons. The second-order valence-electron chi connectivity index (χ2n) is 10.5. The van der Waals surface area contributed by atoms with Crippen LogP contribution in [0.4, 0.5) is 0 Å². The molecule has 7 heteroatoms. The summed E-state index contributed by atoms with van der Waals surface area (Å²) in [4.78, 5) is 17.3. The first-order valence-corrected chi connectivity index (χ1v) is 15.0. The highest BCUT2D eigenvalue weighted by molar-refractivity contribution is 6.74. The van der Waals surface area contributed by atoms with Crippen LogP contribution >= 0.6 is 0 Å². The highest BCUT2D eigenvalue weighted by atomic mass is 28.4. The van der Waals surface area contributed by atoms with Crippen LogP contribution in [0.2, 0.25) is 18.1 Å². The second-order valence-corrected chi connectivity index (χ2v) is 15.3. The van der Waals surface area contributed by atoms with E-state index >= 15 is 0 Å². The summed E-state index contributed by atoms with van der Waals surface area (Å²) >= 11 is 0. The van der Waals surface area contributed by atoms with E-state index in [-0.39, 0.29) is 23.2 Å². The Morgan fingerprint density at radius 3 is 2.53 bits per heavy atom. The predicted molar refractivity (Wildman–Crippen MR) is 135 cm³/mol. The zero-order valence-electron chi connectivity index (χ0n) is 21.3. The lowest BCUT2D eigenvalue weighted by molar-refractivity contribution is -0.163. The molecule has 1 aliphatic rings. The maximum atomic E-state index is 13.1. The molecule has 1 aliphatic heterocycles. The summed E-state index contributed by atoms with van der Waals surface area (Å²) < 4.78 is 24.0. The van der Waals surface area contributed by atoms with Gasteiger partial charge in [0, 0.05) is 32.0 Å². The lowest BCUT2D eigenvalue weighted by atomic mass is 9.90. The molecule has 4 atom stereocenters. The van der Waals surface area contributed by atoms with Crippen molar-refractivity contribution in [2.45, 2.75) is 70.1 Å². The molecule has 1 aromatic heterocycles. The minimum Gasteiger partial charge on any atom is -0.457 e. The Kier molecular flexibility index (Phi) is 9.04. The number of carbonyl (C=O) groups excluding carboxylic acids is 1. The van der Waals surface area contributed by atoms with Crippen LogP contribution in [0.25, 0.3) is 0 Å². The van der Waals surface area contributed by atoms with Gasteiger partial charge in [0.2, 0.25) is 0 Å². The fraction of sp³-hybridized carbons (Fsp3) is 0.556. The highest BCUT2D eigenvalue weighted by Gasteiger charge is 2.42. The molecule has 0 spiro atoms. The summed E-state index contributed by atoms with van der Waals surface area (Å²) in [7, 11) is -0.280. The van der Waals surface area contributed by atoms with Gasteiger partial charge in [-0.25, -0.2) is 4.79 Å². The van der Waals surface area contributed by atoms with Crippen molar-refractivity contribution in [3.63, 3.8) is 0 Å². The van der Waals surface area contributed by atoms with E-state index in [1.165, 1.54) is 7.11 Å². The first-order chi connectivity index (χ1) is 16.1. The Bertz CT molecular complexity index is 900. The summed E-state index contributed by atoms with van der Waals surface area (Å²) in [6, 6.07) is 13.3. The van der Waals surface area contributed by atoms with E-state index in [9.17, 15) is 4.79 Å². The number of pyridine rings is 1. The van der Waals surface area contributed by atoms with E-state index < -0.39 is 20.4 Å². The van der Waals surface area contributed by atoms with E-state index in [1.807, 2.05) is 48.7 Å². The molecule has 0 N–H and O–H groups in total. The van der Waals surface area contributed by atoms with Crippen LogP contribution in [0, 0.1) is 5.92 Å². The van der Waals surface area contributed by atoms with Crippen molar-refractivity contribution in [2.75, 3.05) is 20.3 Å². The molecule has 0 unspecified atom stereocenters. The maximum absolute atomic E-state index is 13.1. The van der Waals surface area contributed by atoms with E-state index in [4.69, 9.17) is 18.6 Å². The zero-order valence-corrected chi connectivity index (χ0v) is 22.3. The topological polar surface area (TPSA) is 66.9 Å². The van der Waals surface area contributed by atoms with Gasteiger partial charge in [0.15, 0.2) is 14.4 Å². The molecule has 0 radical (unpaired) electrons. The SMILES string of the molecule is CO[C@@H](C(=O)O[C@@H]1CO[C@@H](c2cccnc2)[C@H]1CCCO[Si](C)(C)C(C)(C)C)c1ccccc1. The van der Waals surface area contributed by atoms with E-state index in [2.05, 4.69) is 38.8 Å². The van der Waals surface area contributed by atoms with Gasteiger partial charge in [0.1, 0.15) is 6.10 Å². The molecule has 6 nitrogen and oxygen atoms in total. The number of hydrogen-bond acceptors (Lipinski definition) is 6. The van der Waals surface area contributed by atoms with E-state index in [1.54, 1.807) is 6.20 Å². The fourth-order valence-corrected chi connectivity index (χ4v) is 5.14. The summed E-state index contributed by atoms with van der Waals surface area (Å²) in [5.41, 5.74) is 1.78. The number of ether oxygens (including phenoxy) is 3. The van der Waals surface area contributed by atoms with Gasteiger partial charge >= 0.3 is 5.97 Å². The van der Waals surface area contributed by atoms with Gasteiger partial charge < -0.3 is 18.6 Å². The molecular weight excluding hydrogens is 446 g/mol. The van der Waals surface area contributed by atoms with Gasteiger partial charge in [-0.05, 0) is 48.2 Å². The van der Waals surface area contributed by atoms with Gasteiger partial charge in [0.25, 0.3) is 0 Å². The molecule has 1 fully saturated rings. The number of hydrogen-bond donors (Lipinski definition) is 0. The lowest BCUT2D eigenvalue weighted by Crippen LogP contribution is -2.41. The normalized spacial score (nSPS) is 21.9. The van der Waals surface area contributed by atoms with E-state index in [0.717, 1.165) is 24.0 Å². The number of carbonyl (C=O) groups is 1. The van der Waals surface area contributed by atoms with E-state index in [0.29, 0.717) is 13.2 Å². The lowest BCUT2D eigenvalue weighted by Gasteiger charge is -2.36. The van der Waals surface area contributed by atoms with Crippen molar-refractivity contribution in [1.29, 1.82) is 0 Å². The van der Waals surface area contributed by atoms with Crippen molar-refractivity contribution in [1.82, 2.24) is 4.98 Å². The quantitative estimate of drug-likeness (QED) is 0.238. The van der Waals surface area contributed by atoms with Gasteiger partial charge in [0.05, 0.1) is 12.7 Å². The number of methoxy groups -OCH3 is 1. The molecule has 0 amide bonds. The maximum Gasteiger partial charge on any atom is 0.340 e. The van der Waals surface area contributed by atoms with Crippen LogP contribution in [-0.2, 0) is 23.4 Å². The third kappa shape index (κ3) is 6.53. The predicted octanol–water partition coefficient (Wildman–Crippen LogP) is 5.87. The van der Waals surface area contributed by atoms with Crippen LogP contribution in [0.15, 0.2) is 54.9 Å². The average molecular weight is 486 g/mol. The number of rotatable bonds is 10. The first kappa shape index (κ1) is 26.5. The average Bonchev–Trinajstić information content (AvgIpc) is 3.20. The van der Waals surface area contributed by atoms with Crippen LogP contribution in [-0.4, -0.2) is 45.7 Å². The summed E-state index contributed by atoms with van der Waals surface area (Å²) in [5, 5.41) is 0.173. The molecule has 2 heterocycles. The van der Waals surface area contributed by atoms with Crippen molar-refractivity contribution >= 4 is 14.3 Å².